The highest BCUT2D eigenvalue weighted by Crippen LogP contribution is 2.28. The number of carbonyl (C=O) groups excluding carboxylic acids is 1. The average Bonchev–Trinajstić information content (AvgIpc) is 3.24. The van der Waals surface area contributed by atoms with Crippen LogP contribution >= 0.6 is 0 Å². The maximum Gasteiger partial charge on any atom is 0.236 e. The average molecular weight is 419 g/mol. The standard InChI is InChI=1S/C27H22N4O/c1-19-17-24-25(30-31(29-24)22-15-9-4-10-16-22)18-23(19)28-27(32)26(20-11-5-2-6-12-20)21-13-7-3-8-14-21/h2-18,26H,1H3,(H,28,32). The van der Waals surface area contributed by atoms with Crippen molar-refractivity contribution in [1.82, 2.24) is 15.0 Å². The molecule has 0 bridgehead atoms. The fourth-order valence-electron chi connectivity index (χ4n) is 3.87. The number of benzene rings is 4. The van der Waals surface area contributed by atoms with Gasteiger partial charge in [0.1, 0.15) is 11.0 Å². The molecule has 5 nitrogen and oxygen atoms in total. The van der Waals surface area contributed by atoms with Crippen molar-refractivity contribution >= 4 is 22.6 Å². The second kappa shape index (κ2) is 8.47. The summed E-state index contributed by atoms with van der Waals surface area (Å²) in [4.78, 5) is 15.1. The normalized spacial score (nSPS) is 11.1. The first-order valence-corrected chi connectivity index (χ1v) is 10.5. The number of hydrogen-bond acceptors (Lipinski definition) is 3. The summed E-state index contributed by atoms with van der Waals surface area (Å²) in [5, 5.41) is 12.3. The lowest BCUT2D eigenvalue weighted by molar-refractivity contribution is -0.116. The number of aryl methyl sites for hydroxylation is 1. The predicted molar refractivity (Wildman–Crippen MR) is 127 cm³/mol. The molecule has 0 radical (unpaired) electrons. The van der Waals surface area contributed by atoms with Crippen LogP contribution in [0.3, 0.4) is 0 Å². The van der Waals surface area contributed by atoms with Crippen molar-refractivity contribution in [3.8, 4) is 5.69 Å². The Bertz CT molecular complexity index is 1320. The fraction of sp³-hybridized carbons (Fsp3) is 0.0741. The molecule has 0 atom stereocenters. The molecule has 5 rings (SSSR count). The van der Waals surface area contributed by atoms with E-state index in [9.17, 15) is 4.79 Å². The molecule has 0 saturated carbocycles. The summed E-state index contributed by atoms with van der Waals surface area (Å²) < 4.78 is 0. The van der Waals surface area contributed by atoms with Crippen molar-refractivity contribution in [3.63, 3.8) is 0 Å². The minimum atomic E-state index is -0.410. The lowest BCUT2D eigenvalue weighted by atomic mass is 9.90. The van der Waals surface area contributed by atoms with Crippen LogP contribution in [0.5, 0.6) is 0 Å². The Kier molecular flexibility index (Phi) is 5.22. The molecule has 0 fully saturated rings. The SMILES string of the molecule is Cc1cc2nn(-c3ccccc3)nc2cc1NC(=O)C(c1ccccc1)c1ccccc1. The van der Waals surface area contributed by atoms with Crippen LogP contribution < -0.4 is 5.32 Å². The Morgan fingerprint density at radius 1 is 0.750 bits per heavy atom. The van der Waals surface area contributed by atoms with Crippen LogP contribution in [0.2, 0.25) is 0 Å². The van der Waals surface area contributed by atoms with Crippen molar-refractivity contribution in [2.75, 3.05) is 5.32 Å². The lowest BCUT2D eigenvalue weighted by Crippen LogP contribution is -2.22. The lowest BCUT2D eigenvalue weighted by Gasteiger charge is -2.18. The summed E-state index contributed by atoms with van der Waals surface area (Å²) >= 11 is 0. The van der Waals surface area contributed by atoms with E-state index >= 15 is 0 Å². The molecule has 32 heavy (non-hydrogen) atoms. The third kappa shape index (κ3) is 3.88. The molecule has 1 heterocycles. The molecule has 156 valence electrons. The Morgan fingerprint density at radius 3 is 1.81 bits per heavy atom. The summed E-state index contributed by atoms with van der Waals surface area (Å²) in [7, 11) is 0. The van der Waals surface area contributed by atoms with Crippen LogP contribution in [0.15, 0.2) is 103 Å². The minimum Gasteiger partial charge on any atom is -0.325 e. The summed E-state index contributed by atoms with van der Waals surface area (Å²) in [6.45, 7) is 1.97. The van der Waals surface area contributed by atoms with Crippen molar-refractivity contribution in [3.05, 3.63) is 120 Å². The zero-order valence-corrected chi connectivity index (χ0v) is 17.6. The summed E-state index contributed by atoms with van der Waals surface area (Å²) in [5.41, 5.74) is 5.97. The first-order chi connectivity index (χ1) is 15.7. The number of para-hydroxylation sites is 1. The number of hydrogen-bond donors (Lipinski definition) is 1. The number of rotatable bonds is 5. The van der Waals surface area contributed by atoms with E-state index in [1.165, 1.54) is 0 Å². The van der Waals surface area contributed by atoms with E-state index in [1.54, 1.807) is 4.80 Å². The summed E-state index contributed by atoms with van der Waals surface area (Å²) in [5.74, 6) is -0.493. The van der Waals surface area contributed by atoms with Gasteiger partial charge in [-0.15, -0.1) is 10.2 Å². The van der Waals surface area contributed by atoms with Gasteiger partial charge in [0.15, 0.2) is 0 Å². The maximum atomic E-state index is 13.5. The van der Waals surface area contributed by atoms with Gasteiger partial charge >= 0.3 is 0 Å². The Balaban J connectivity index is 1.49. The highest BCUT2D eigenvalue weighted by atomic mass is 16.1. The van der Waals surface area contributed by atoms with Crippen molar-refractivity contribution in [2.45, 2.75) is 12.8 Å². The van der Waals surface area contributed by atoms with Gasteiger partial charge in [-0.3, -0.25) is 4.79 Å². The van der Waals surface area contributed by atoms with E-state index in [0.29, 0.717) is 0 Å². The van der Waals surface area contributed by atoms with Crippen LogP contribution in [-0.2, 0) is 4.79 Å². The number of fused-ring (bicyclic) bond motifs is 1. The Labute approximate surface area is 186 Å². The Hall–Kier alpha value is -4.25. The number of nitrogens with one attached hydrogen (secondary N) is 1. The number of nitrogens with zero attached hydrogens (tertiary/aromatic N) is 3. The zero-order chi connectivity index (χ0) is 21.9. The molecular formula is C27H22N4O. The minimum absolute atomic E-state index is 0.0831. The smallest absolute Gasteiger partial charge is 0.236 e. The van der Waals surface area contributed by atoms with E-state index in [4.69, 9.17) is 0 Å². The predicted octanol–water partition coefficient (Wildman–Crippen LogP) is 5.50. The van der Waals surface area contributed by atoms with E-state index in [1.807, 2.05) is 110 Å². The van der Waals surface area contributed by atoms with Gasteiger partial charge in [0.2, 0.25) is 5.91 Å². The molecule has 0 aliphatic carbocycles. The third-order valence-electron chi connectivity index (χ3n) is 5.50. The first-order valence-electron chi connectivity index (χ1n) is 10.5. The largest absolute Gasteiger partial charge is 0.325 e. The molecule has 1 aromatic heterocycles. The van der Waals surface area contributed by atoms with Crippen LogP contribution in [0.4, 0.5) is 5.69 Å². The molecule has 0 aliphatic heterocycles. The molecule has 0 spiro atoms. The quantitative estimate of drug-likeness (QED) is 0.410. The van der Waals surface area contributed by atoms with Gasteiger partial charge in [0, 0.05) is 5.69 Å². The first kappa shape index (κ1) is 19.7. The molecule has 5 heteroatoms. The number of aromatic nitrogens is 3. The molecule has 1 amide bonds. The van der Waals surface area contributed by atoms with E-state index < -0.39 is 5.92 Å². The van der Waals surface area contributed by atoms with E-state index in [2.05, 4.69) is 15.5 Å². The molecule has 4 aromatic carbocycles. The van der Waals surface area contributed by atoms with Gasteiger partial charge in [-0.2, -0.15) is 4.80 Å². The molecule has 0 aliphatic rings. The van der Waals surface area contributed by atoms with E-state index in [-0.39, 0.29) is 5.91 Å². The van der Waals surface area contributed by atoms with Crippen LogP contribution in [-0.4, -0.2) is 20.9 Å². The van der Waals surface area contributed by atoms with Gasteiger partial charge in [-0.05, 0) is 47.9 Å². The molecule has 0 unspecified atom stereocenters. The van der Waals surface area contributed by atoms with Crippen LogP contribution in [0.1, 0.15) is 22.6 Å². The van der Waals surface area contributed by atoms with Gasteiger partial charge in [0.05, 0.1) is 11.6 Å². The highest BCUT2D eigenvalue weighted by Gasteiger charge is 2.23. The molecule has 0 saturated heterocycles. The maximum absolute atomic E-state index is 13.5. The number of carbonyl (C=O) groups is 1. The van der Waals surface area contributed by atoms with E-state index in [0.717, 1.165) is 39.1 Å². The van der Waals surface area contributed by atoms with Gasteiger partial charge < -0.3 is 5.32 Å². The van der Waals surface area contributed by atoms with Crippen molar-refractivity contribution < 1.29 is 4.79 Å². The fourth-order valence-corrected chi connectivity index (χ4v) is 3.87. The van der Waals surface area contributed by atoms with Crippen molar-refractivity contribution in [1.29, 1.82) is 0 Å². The molecule has 5 aromatic rings. The highest BCUT2D eigenvalue weighted by molar-refractivity contribution is 6.00. The number of anilines is 1. The molecule has 1 N–H and O–H groups in total. The zero-order valence-electron chi connectivity index (χ0n) is 17.6. The summed E-state index contributed by atoms with van der Waals surface area (Å²) in [6, 6.07) is 33.3. The third-order valence-corrected chi connectivity index (χ3v) is 5.50. The number of amides is 1. The molecular weight excluding hydrogens is 396 g/mol. The Morgan fingerprint density at radius 2 is 1.25 bits per heavy atom. The van der Waals surface area contributed by atoms with Crippen molar-refractivity contribution in [2.24, 2.45) is 0 Å². The van der Waals surface area contributed by atoms with Gasteiger partial charge in [-0.25, -0.2) is 0 Å². The second-order valence-corrected chi connectivity index (χ2v) is 7.72. The summed E-state index contributed by atoms with van der Waals surface area (Å²) in [6.07, 6.45) is 0. The van der Waals surface area contributed by atoms with Gasteiger partial charge in [-0.1, -0.05) is 78.9 Å². The second-order valence-electron chi connectivity index (χ2n) is 7.72. The van der Waals surface area contributed by atoms with Crippen LogP contribution in [0.25, 0.3) is 16.7 Å². The topological polar surface area (TPSA) is 59.8 Å². The van der Waals surface area contributed by atoms with Gasteiger partial charge in [0.25, 0.3) is 0 Å². The monoisotopic (exact) mass is 418 g/mol. The van der Waals surface area contributed by atoms with Crippen LogP contribution in [0, 0.1) is 6.92 Å².